The minimum absolute atomic E-state index is 0.173. The molecular formula is C22H32N4O2. The molecule has 1 aliphatic rings. The fraction of sp³-hybridized carbons (Fsp3) is 0.545. The van der Waals surface area contributed by atoms with Crippen LogP contribution in [0.15, 0.2) is 36.5 Å². The summed E-state index contributed by atoms with van der Waals surface area (Å²) in [5.41, 5.74) is 1.56. The van der Waals surface area contributed by atoms with E-state index in [0.29, 0.717) is 18.7 Å². The Morgan fingerprint density at radius 1 is 1.18 bits per heavy atom. The van der Waals surface area contributed by atoms with Crippen molar-refractivity contribution in [2.45, 2.75) is 50.7 Å². The Morgan fingerprint density at radius 3 is 2.50 bits per heavy atom. The van der Waals surface area contributed by atoms with E-state index in [2.05, 4.69) is 15.3 Å². The van der Waals surface area contributed by atoms with Crippen LogP contribution >= 0.6 is 0 Å². The predicted octanol–water partition coefficient (Wildman–Crippen LogP) is 2.93. The molecule has 6 nitrogen and oxygen atoms in total. The zero-order chi connectivity index (χ0) is 20.0. The molecule has 1 amide bonds. The summed E-state index contributed by atoms with van der Waals surface area (Å²) in [5, 5.41) is 18.3. The van der Waals surface area contributed by atoms with Crippen LogP contribution in [0.5, 0.6) is 0 Å². The highest BCUT2D eigenvalue weighted by Gasteiger charge is 2.29. The lowest BCUT2D eigenvalue weighted by atomic mass is 9.94. The van der Waals surface area contributed by atoms with Crippen molar-refractivity contribution in [1.82, 2.24) is 20.0 Å². The Labute approximate surface area is 167 Å². The Bertz CT molecular complexity index is 762. The maximum absolute atomic E-state index is 13.0. The molecule has 0 radical (unpaired) electrons. The third-order valence-corrected chi connectivity index (χ3v) is 5.50. The normalized spacial score (nSPS) is 16.7. The predicted molar refractivity (Wildman–Crippen MR) is 111 cm³/mol. The van der Waals surface area contributed by atoms with E-state index in [0.717, 1.165) is 56.3 Å². The van der Waals surface area contributed by atoms with Crippen molar-refractivity contribution in [2.24, 2.45) is 0 Å². The number of aliphatic hydroxyl groups is 1. The first-order chi connectivity index (χ1) is 13.5. The molecule has 0 spiro atoms. The van der Waals surface area contributed by atoms with Crippen molar-refractivity contribution in [2.75, 3.05) is 27.2 Å². The van der Waals surface area contributed by atoms with Gasteiger partial charge in [0.05, 0.1) is 29.6 Å². The van der Waals surface area contributed by atoms with Crippen LogP contribution in [0.2, 0.25) is 0 Å². The smallest absolute Gasteiger partial charge is 0.255 e. The Kier molecular flexibility index (Phi) is 6.86. The van der Waals surface area contributed by atoms with Gasteiger partial charge in [-0.3, -0.25) is 9.48 Å². The molecule has 1 aromatic heterocycles. The van der Waals surface area contributed by atoms with E-state index in [1.165, 1.54) is 0 Å². The lowest BCUT2D eigenvalue weighted by Crippen LogP contribution is -2.42. The Balaban J connectivity index is 1.79. The molecule has 3 rings (SSSR count). The second-order valence-electron chi connectivity index (χ2n) is 8.12. The van der Waals surface area contributed by atoms with Crippen molar-refractivity contribution in [3.8, 4) is 11.3 Å². The van der Waals surface area contributed by atoms with Crippen LogP contribution < -0.4 is 5.32 Å². The van der Waals surface area contributed by atoms with Crippen LogP contribution in [-0.4, -0.2) is 58.5 Å². The monoisotopic (exact) mass is 384 g/mol. The molecule has 1 saturated carbocycles. The number of hydrogen-bond acceptors (Lipinski definition) is 4. The third kappa shape index (κ3) is 5.20. The van der Waals surface area contributed by atoms with E-state index in [4.69, 9.17) is 0 Å². The molecule has 0 saturated heterocycles. The number of rotatable bonds is 7. The van der Waals surface area contributed by atoms with Crippen molar-refractivity contribution >= 4 is 5.91 Å². The van der Waals surface area contributed by atoms with Gasteiger partial charge in [0, 0.05) is 18.7 Å². The van der Waals surface area contributed by atoms with Crippen LogP contribution in [-0.2, 0) is 6.54 Å². The molecule has 1 heterocycles. The number of likely N-dealkylation sites (N-methyl/N-ethyl adjacent to an activating group) is 1. The van der Waals surface area contributed by atoms with Crippen molar-refractivity contribution in [1.29, 1.82) is 0 Å². The summed E-state index contributed by atoms with van der Waals surface area (Å²) < 4.78 is 1.89. The summed E-state index contributed by atoms with van der Waals surface area (Å²) in [6.45, 7) is 1.83. The molecule has 28 heavy (non-hydrogen) atoms. The molecule has 0 unspecified atom stereocenters. The van der Waals surface area contributed by atoms with Gasteiger partial charge in [-0.05, 0) is 26.9 Å². The molecule has 6 heteroatoms. The molecule has 1 fully saturated rings. The maximum atomic E-state index is 13.0. The minimum atomic E-state index is -0.792. The number of nitrogens with one attached hydrogen (secondary N) is 1. The average Bonchev–Trinajstić information content (AvgIpc) is 3.00. The highest BCUT2D eigenvalue weighted by atomic mass is 16.3. The largest absolute Gasteiger partial charge is 0.388 e. The lowest BCUT2D eigenvalue weighted by Gasteiger charge is -2.26. The van der Waals surface area contributed by atoms with Crippen molar-refractivity contribution < 1.29 is 9.90 Å². The standard InChI is InChI=1S/C22H32N4O2/c1-25(2)14-15-26-20(18-10-6-5-7-11-18)19(16-24-26)21(27)23-17-22(28)12-8-3-4-9-13-22/h5-7,10-11,16,28H,3-4,8-9,12-15,17H2,1-2H3,(H,23,27). The molecule has 0 atom stereocenters. The van der Waals surface area contributed by atoms with Gasteiger partial charge in [-0.15, -0.1) is 0 Å². The van der Waals surface area contributed by atoms with Gasteiger partial charge in [0.25, 0.3) is 5.91 Å². The second kappa shape index (κ2) is 9.34. The summed E-state index contributed by atoms with van der Waals surface area (Å²) in [6, 6.07) is 9.89. The first kappa shape index (κ1) is 20.6. The van der Waals surface area contributed by atoms with E-state index in [1.807, 2.05) is 49.1 Å². The van der Waals surface area contributed by atoms with Gasteiger partial charge in [-0.25, -0.2) is 0 Å². The summed E-state index contributed by atoms with van der Waals surface area (Å²) >= 11 is 0. The number of hydrogen-bond donors (Lipinski definition) is 2. The molecule has 152 valence electrons. The van der Waals surface area contributed by atoms with Gasteiger partial charge in [0.1, 0.15) is 0 Å². The lowest BCUT2D eigenvalue weighted by molar-refractivity contribution is 0.0246. The van der Waals surface area contributed by atoms with Crippen LogP contribution in [0, 0.1) is 0 Å². The van der Waals surface area contributed by atoms with Crippen molar-refractivity contribution in [3.05, 3.63) is 42.1 Å². The number of carbonyl (C=O) groups excluding carboxylic acids is 1. The fourth-order valence-electron chi connectivity index (χ4n) is 3.82. The van der Waals surface area contributed by atoms with Gasteiger partial charge < -0.3 is 15.3 Å². The van der Waals surface area contributed by atoms with Gasteiger partial charge >= 0.3 is 0 Å². The molecule has 0 aliphatic heterocycles. The average molecular weight is 385 g/mol. The quantitative estimate of drug-likeness (QED) is 0.720. The molecule has 1 aromatic carbocycles. The summed E-state index contributed by atoms with van der Waals surface area (Å²) in [4.78, 5) is 15.1. The highest BCUT2D eigenvalue weighted by molar-refractivity contribution is 5.99. The molecule has 2 N–H and O–H groups in total. The summed E-state index contributed by atoms with van der Waals surface area (Å²) in [7, 11) is 4.04. The number of nitrogens with zero attached hydrogens (tertiary/aromatic N) is 3. The van der Waals surface area contributed by atoms with E-state index in [-0.39, 0.29) is 5.91 Å². The zero-order valence-corrected chi connectivity index (χ0v) is 17.0. The number of amides is 1. The molecule has 2 aromatic rings. The number of benzene rings is 1. The van der Waals surface area contributed by atoms with Gasteiger partial charge in [0.2, 0.25) is 0 Å². The minimum Gasteiger partial charge on any atom is -0.388 e. The zero-order valence-electron chi connectivity index (χ0n) is 17.0. The first-order valence-electron chi connectivity index (χ1n) is 10.2. The van der Waals surface area contributed by atoms with Crippen LogP contribution in [0.3, 0.4) is 0 Å². The molecule has 1 aliphatic carbocycles. The summed E-state index contributed by atoms with van der Waals surface area (Å²) in [6.07, 6.45) is 7.50. The van der Waals surface area contributed by atoms with Crippen LogP contribution in [0.4, 0.5) is 0 Å². The summed E-state index contributed by atoms with van der Waals surface area (Å²) in [5.74, 6) is -0.173. The van der Waals surface area contributed by atoms with E-state index < -0.39 is 5.60 Å². The second-order valence-corrected chi connectivity index (χ2v) is 8.12. The topological polar surface area (TPSA) is 70.4 Å². The van der Waals surface area contributed by atoms with E-state index >= 15 is 0 Å². The van der Waals surface area contributed by atoms with Crippen molar-refractivity contribution in [3.63, 3.8) is 0 Å². The van der Waals surface area contributed by atoms with Crippen LogP contribution in [0.25, 0.3) is 11.3 Å². The van der Waals surface area contributed by atoms with Crippen LogP contribution in [0.1, 0.15) is 48.9 Å². The number of aromatic nitrogens is 2. The van der Waals surface area contributed by atoms with E-state index in [1.54, 1.807) is 6.20 Å². The van der Waals surface area contributed by atoms with E-state index in [9.17, 15) is 9.90 Å². The molecule has 0 bridgehead atoms. The number of carbonyl (C=O) groups is 1. The fourth-order valence-corrected chi connectivity index (χ4v) is 3.82. The SMILES string of the molecule is CN(C)CCn1ncc(C(=O)NCC2(O)CCCCCC2)c1-c1ccccc1. The van der Waals surface area contributed by atoms with Gasteiger partial charge in [-0.1, -0.05) is 56.0 Å². The molecular weight excluding hydrogens is 352 g/mol. The third-order valence-electron chi connectivity index (χ3n) is 5.50. The van der Waals surface area contributed by atoms with Gasteiger partial charge in [-0.2, -0.15) is 5.10 Å². The first-order valence-corrected chi connectivity index (χ1v) is 10.2. The maximum Gasteiger partial charge on any atom is 0.255 e. The van der Waals surface area contributed by atoms with Gasteiger partial charge in [0.15, 0.2) is 0 Å². The Hall–Kier alpha value is -2.18. The Morgan fingerprint density at radius 2 is 1.86 bits per heavy atom. The highest BCUT2D eigenvalue weighted by Crippen LogP contribution is 2.27.